The fourth-order valence-corrected chi connectivity index (χ4v) is 2.13. The second kappa shape index (κ2) is 7.81. The van der Waals surface area contributed by atoms with Gasteiger partial charge in [0.1, 0.15) is 11.6 Å². The second-order valence-corrected chi connectivity index (χ2v) is 6.62. The molecule has 0 spiro atoms. The molecular weight excluding hydrogens is 302 g/mol. The van der Waals surface area contributed by atoms with Crippen LogP contribution in [0.5, 0.6) is 5.75 Å². The van der Waals surface area contributed by atoms with Crippen molar-refractivity contribution < 1.29 is 9.53 Å². The summed E-state index contributed by atoms with van der Waals surface area (Å²) in [7, 11) is 1.68. The van der Waals surface area contributed by atoms with Crippen LogP contribution in [-0.4, -0.2) is 24.5 Å². The molecule has 0 aliphatic heterocycles. The van der Waals surface area contributed by atoms with Crippen molar-refractivity contribution >= 4 is 17.4 Å². The third kappa shape index (κ3) is 4.98. The molecule has 0 saturated carbocycles. The van der Waals surface area contributed by atoms with Crippen LogP contribution in [0.4, 0.5) is 11.5 Å². The van der Waals surface area contributed by atoms with Crippen LogP contribution in [0.25, 0.3) is 0 Å². The van der Waals surface area contributed by atoms with Crippen LogP contribution < -0.4 is 15.4 Å². The van der Waals surface area contributed by atoms with Gasteiger partial charge < -0.3 is 15.4 Å². The molecule has 0 radical (unpaired) electrons. The standard InChI is InChI=1S/C19H25N3O2/c1-19(2,3)18(23)22-17-10-9-15(13-21-17)20-12-11-14-7-5-6-8-16(14)24-4/h5-10,13,20H,11-12H2,1-4H3,(H,21,22,23). The number of anilines is 2. The number of carbonyl (C=O) groups is 1. The first-order valence-corrected chi connectivity index (χ1v) is 8.03. The van der Waals surface area contributed by atoms with Gasteiger partial charge in [-0.25, -0.2) is 4.98 Å². The molecule has 0 atom stereocenters. The molecule has 1 aromatic carbocycles. The number of aromatic nitrogens is 1. The third-order valence-electron chi connectivity index (χ3n) is 3.60. The summed E-state index contributed by atoms with van der Waals surface area (Å²) >= 11 is 0. The normalized spacial score (nSPS) is 11.0. The van der Waals surface area contributed by atoms with Gasteiger partial charge in [-0.05, 0) is 30.2 Å². The van der Waals surface area contributed by atoms with Crippen molar-refractivity contribution in [2.45, 2.75) is 27.2 Å². The monoisotopic (exact) mass is 327 g/mol. The Bertz CT molecular complexity index is 676. The molecule has 1 heterocycles. The Morgan fingerprint density at radius 1 is 1.17 bits per heavy atom. The van der Waals surface area contributed by atoms with Gasteiger partial charge in [0.05, 0.1) is 19.0 Å². The van der Waals surface area contributed by atoms with Crippen LogP contribution in [0.2, 0.25) is 0 Å². The minimum Gasteiger partial charge on any atom is -0.496 e. The summed E-state index contributed by atoms with van der Waals surface area (Å²) < 4.78 is 5.35. The van der Waals surface area contributed by atoms with Crippen LogP contribution in [0.15, 0.2) is 42.6 Å². The van der Waals surface area contributed by atoms with Crippen LogP contribution in [0.1, 0.15) is 26.3 Å². The van der Waals surface area contributed by atoms with Gasteiger partial charge in [0, 0.05) is 12.0 Å². The number of benzene rings is 1. The first-order chi connectivity index (χ1) is 11.4. The van der Waals surface area contributed by atoms with E-state index < -0.39 is 5.41 Å². The molecule has 5 nitrogen and oxygen atoms in total. The summed E-state index contributed by atoms with van der Waals surface area (Å²) in [6, 6.07) is 11.7. The summed E-state index contributed by atoms with van der Waals surface area (Å²) in [4.78, 5) is 16.2. The maximum absolute atomic E-state index is 11.9. The number of pyridine rings is 1. The summed E-state index contributed by atoms with van der Waals surface area (Å²) in [6.45, 7) is 6.39. The van der Waals surface area contributed by atoms with E-state index in [1.54, 1.807) is 19.4 Å². The lowest BCUT2D eigenvalue weighted by Gasteiger charge is -2.17. The predicted molar refractivity (Wildman–Crippen MR) is 97.5 cm³/mol. The zero-order valence-electron chi connectivity index (χ0n) is 14.7. The smallest absolute Gasteiger partial charge is 0.230 e. The number of methoxy groups -OCH3 is 1. The third-order valence-corrected chi connectivity index (χ3v) is 3.60. The lowest BCUT2D eigenvalue weighted by Crippen LogP contribution is -2.27. The molecule has 0 bridgehead atoms. The summed E-state index contributed by atoms with van der Waals surface area (Å²) in [6.07, 6.45) is 2.58. The number of hydrogen-bond donors (Lipinski definition) is 2. The summed E-state index contributed by atoms with van der Waals surface area (Å²) in [5, 5.41) is 6.14. The molecule has 0 fully saturated rings. The van der Waals surface area contributed by atoms with Gasteiger partial charge >= 0.3 is 0 Å². The lowest BCUT2D eigenvalue weighted by molar-refractivity contribution is -0.123. The molecule has 0 aliphatic rings. The number of rotatable bonds is 6. The Morgan fingerprint density at radius 2 is 1.92 bits per heavy atom. The van der Waals surface area contributed by atoms with Crippen LogP contribution in [-0.2, 0) is 11.2 Å². The van der Waals surface area contributed by atoms with Gasteiger partial charge in [0.2, 0.25) is 5.91 Å². The number of amides is 1. The Hall–Kier alpha value is -2.56. The van der Waals surface area contributed by atoms with E-state index in [1.807, 2.05) is 45.0 Å². The molecule has 2 rings (SSSR count). The minimum absolute atomic E-state index is 0.0492. The quantitative estimate of drug-likeness (QED) is 0.848. The molecule has 1 amide bonds. The molecule has 0 saturated heterocycles. The van der Waals surface area contributed by atoms with E-state index in [9.17, 15) is 4.79 Å². The number of carbonyl (C=O) groups excluding carboxylic acids is 1. The van der Waals surface area contributed by atoms with Crippen molar-refractivity contribution in [3.05, 3.63) is 48.2 Å². The first kappa shape index (κ1) is 17.8. The highest BCUT2D eigenvalue weighted by Crippen LogP contribution is 2.19. The molecule has 5 heteroatoms. The Balaban J connectivity index is 1.87. The number of nitrogens with zero attached hydrogens (tertiary/aromatic N) is 1. The molecule has 128 valence electrons. The van der Waals surface area contributed by atoms with Crippen molar-refractivity contribution in [3.8, 4) is 5.75 Å². The lowest BCUT2D eigenvalue weighted by atomic mass is 9.96. The highest BCUT2D eigenvalue weighted by atomic mass is 16.5. The molecule has 0 aliphatic carbocycles. The Morgan fingerprint density at radius 3 is 2.54 bits per heavy atom. The Labute approximate surface area is 143 Å². The van der Waals surface area contributed by atoms with Crippen LogP contribution >= 0.6 is 0 Å². The Kier molecular flexibility index (Phi) is 5.79. The maximum Gasteiger partial charge on any atom is 0.230 e. The fraction of sp³-hybridized carbons (Fsp3) is 0.368. The number of ether oxygens (including phenoxy) is 1. The molecule has 2 N–H and O–H groups in total. The number of nitrogens with one attached hydrogen (secondary N) is 2. The van der Waals surface area contributed by atoms with E-state index >= 15 is 0 Å². The van der Waals surface area contributed by atoms with Gasteiger partial charge in [0.25, 0.3) is 0 Å². The first-order valence-electron chi connectivity index (χ1n) is 8.03. The predicted octanol–water partition coefficient (Wildman–Crippen LogP) is 3.73. The zero-order chi connectivity index (χ0) is 17.6. The molecule has 24 heavy (non-hydrogen) atoms. The average Bonchev–Trinajstić information content (AvgIpc) is 2.56. The van der Waals surface area contributed by atoms with E-state index in [1.165, 1.54) is 0 Å². The zero-order valence-corrected chi connectivity index (χ0v) is 14.7. The van der Waals surface area contributed by atoms with Gasteiger partial charge in [-0.3, -0.25) is 4.79 Å². The van der Waals surface area contributed by atoms with Gasteiger partial charge in [-0.1, -0.05) is 39.0 Å². The van der Waals surface area contributed by atoms with E-state index in [4.69, 9.17) is 4.74 Å². The van der Waals surface area contributed by atoms with Gasteiger partial charge in [-0.15, -0.1) is 0 Å². The molecule has 0 unspecified atom stereocenters. The topological polar surface area (TPSA) is 63.2 Å². The second-order valence-electron chi connectivity index (χ2n) is 6.62. The molecule has 2 aromatic rings. The maximum atomic E-state index is 11.9. The van der Waals surface area contributed by atoms with Crippen molar-refractivity contribution in [1.29, 1.82) is 0 Å². The van der Waals surface area contributed by atoms with Crippen molar-refractivity contribution in [1.82, 2.24) is 4.98 Å². The highest BCUT2D eigenvalue weighted by Gasteiger charge is 2.21. The average molecular weight is 327 g/mol. The van der Waals surface area contributed by atoms with Crippen molar-refractivity contribution in [3.63, 3.8) is 0 Å². The van der Waals surface area contributed by atoms with E-state index in [0.29, 0.717) is 5.82 Å². The largest absolute Gasteiger partial charge is 0.496 e. The van der Waals surface area contributed by atoms with E-state index in [2.05, 4.69) is 21.7 Å². The van der Waals surface area contributed by atoms with Gasteiger partial charge in [-0.2, -0.15) is 0 Å². The minimum atomic E-state index is -0.437. The van der Waals surface area contributed by atoms with E-state index in [-0.39, 0.29) is 5.91 Å². The van der Waals surface area contributed by atoms with Crippen molar-refractivity contribution in [2.24, 2.45) is 5.41 Å². The summed E-state index contributed by atoms with van der Waals surface area (Å²) in [5.74, 6) is 1.41. The number of hydrogen-bond acceptors (Lipinski definition) is 4. The SMILES string of the molecule is COc1ccccc1CCNc1ccc(NC(=O)C(C)(C)C)nc1. The summed E-state index contributed by atoms with van der Waals surface area (Å²) in [5.41, 5.74) is 1.64. The molecule has 1 aromatic heterocycles. The number of para-hydroxylation sites is 1. The van der Waals surface area contributed by atoms with E-state index in [0.717, 1.165) is 30.0 Å². The fourth-order valence-electron chi connectivity index (χ4n) is 2.13. The molecular formula is C19H25N3O2. The highest BCUT2D eigenvalue weighted by molar-refractivity contribution is 5.93. The van der Waals surface area contributed by atoms with Crippen LogP contribution in [0, 0.1) is 5.41 Å². The van der Waals surface area contributed by atoms with Gasteiger partial charge in [0.15, 0.2) is 0 Å². The van der Waals surface area contributed by atoms with Crippen LogP contribution in [0.3, 0.4) is 0 Å². The van der Waals surface area contributed by atoms with Crippen molar-refractivity contribution in [2.75, 3.05) is 24.3 Å².